The molecule has 0 bridgehead atoms. The number of fused-ring (bicyclic) bond motifs is 1. The van der Waals surface area contributed by atoms with Crippen LogP contribution < -0.4 is 4.90 Å². The zero-order valence-corrected chi connectivity index (χ0v) is 11.2. The van der Waals surface area contributed by atoms with Crippen LogP contribution in [0.2, 0.25) is 0 Å². The highest BCUT2D eigenvalue weighted by Gasteiger charge is 2.39. The highest BCUT2D eigenvalue weighted by atomic mass is 19.3. The van der Waals surface area contributed by atoms with Gasteiger partial charge in [-0.15, -0.1) is 5.10 Å². The Morgan fingerprint density at radius 1 is 1.30 bits per heavy atom. The predicted molar refractivity (Wildman–Crippen MR) is 69.9 cm³/mol. The number of unbranched alkanes of at least 4 members (excludes halogenated alkanes) is 1. The topological polar surface area (TPSA) is 70.6 Å². The summed E-state index contributed by atoms with van der Waals surface area (Å²) < 4.78 is 26.8. The number of nitrogens with one attached hydrogen (secondary N) is 1. The van der Waals surface area contributed by atoms with E-state index in [1.165, 1.54) is 0 Å². The van der Waals surface area contributed by atoms with E-state index < -0.39 is 5.92 Å². The molecule has 2 aromatic rings. The van der Waals surface area contributed by atoms with Gasteiger partial charge in [0.2, 0.25) is 5.65 Å². The van der Waals surface area contributed by atoms with E-state index in [-0.39, 0.29) is 19.5 Å². The molecule has 0 spiro atoms. The first-order chi connectivity index (χ1) is 9.59. The Balaban J connectivity index is 1.97. The second-order valence-corrected chi connectivity index (χ2v) is 5.09. The molecule has 0 saturated carbocycles. The third-order valence-electron chi connectivity index (χ3n) is 3.43. The number of hydrogen-bond acceptors (Lipinski definition) is 5. The van der Waals surface area contributed by atoms with Crippen LogP contribution in [0, 0.1) is 0 Å². The van der Waals surface area contributed by atoms with Gasteiger partial charge in [0.1, 0.15) is 5.82 Å². The molecule has 0 aromatic carbocycles. The lowest BCUT2D eigenvalue weighted by atomic mass is 10.2. The van der Waals surface area contributed by atoms with E-state index in [1.807, 2.05) is 0 Å². The van der Waals surface area contributed by atoms with Crippen LogP contribution in [-0.4, -0.2) is 44.4 Å². The van der Waals surface area contributed by atoms with Gasteiger partial charge in [-0.25, -0.2) is 18.7 Å². The summed E-state index contributed by atoms with van der Waals surface area (Å²) in [6.45, 7) is 2.04. The molecule has 1 aliphatic rings. The number of nitrogens with zero attached hydrogens (tertiary/aromatic N) is 5. The maximum Gasteiger partial charge on any atom is 0.266 e. The average Bonchev–Trinajstić information content (AvgIpc) is 3.01. The molecule has 20 heavy (non-hydrogen) atoms. The number of hydrogen-bond donors (Lipinski definition) is 1. The molecule has 1 fully saturated rings. The van der Waals surface area contributed by atoms with Gasteiger partial charge in [0.25, 0.3) is 5.92 Å². The molecule has 3 heterocycles. The second kappa shape index (κ2) is 4.92. The fourth-order valence-corrected chi connectivity index (χ4v) is 2.36. The van der Waals surface area contributed by atoms with Gasteiger partial charge >= 0.3 is 0 Å². The number of aromatic amines is 1. The predicted octanol–water partition coefficient (Wildman–Crippen LogP) is 1.94. The largest absolute Gasteiger partial charge is 0.348 e. The van der Waals surface area contributed by atoms with Gasteiger partial charge in [0.15, 0.2) is 11.3 Å². The summed E-state index contributed by atoms with van der Waals surface area (Å²) in [5.41, 5.74) is 0.902. The standard InChI is InChI=1S/C12H16F2N6/c1-2-3-4-8-15-10-9(17-19-18-10)11(16-8)20-6-5-12(13,14)7-20/h2-7H2,1H3,(H,15,16,17,18,19). The highest BCUT2D eigenvalue weighted by molar-refractivity contribution is 5.82. The van der Waals surface area contributed by atoms with Crippen LogP contribution in [0.5, 0.6) is 0 Å². The maximum atomic E-state index is 13.4. The van der Waals surface area contributed by atoms with Gasteiger partial charge in [-0.05, 0) is 6.42 Å². The number of rotatable bonds is 4. The molecule has 3 rings (SSSR count). The summed E-state index contributed by atoms with van der Waals surface area (Å²) in [5.74, 6) is -1.56. The number of halogens is 2. The zero-order valence-electron chi connectivity index (χ0n) is 11.2. The molecule has 1 N–H and O–H groups in total. The summed E-state index contributed by atoms with van der Waals surface area (Å²) >= 11 is 0. The van der Waals surface area contributed by atoms with Crippen molar-refractivity contribution in [1.82, 2.24) is 25.4 Å². The summed E-state index contributed by atoms with van der Waals surface area (Å²) in [4.78, 5) is 10.3. The quantitative estimate of drug-likeness (QED) is 0.928. The molecule has 0 amide bonds. The van der Waals surface area contributed by atoms with Gasteiger partial charge in [-0.2, -0.15) is 10.3 Å². The van der Waals surface area contributed by atoms with Gasteiger partial charge in [0, 0.05) is 19.4 Å². The minimum atomic E-state index is -2.66. The lowest BCUT2D eigenvalue weighted by Gasteiger charge is -2.17. The fraction of sp³-hybridized carbons (Fsp3) is 0.667. The first-order valence-electron chi connectivity index (χ1n) is 6.79. The van der Waals surface area contributed by atoms with Crippen molar-refractivity contribution < 1.29 is 8.78 Å². The molecule has 2 aromatic heterocycles. The Morgan fingerprint density at radius 3 is 2.85 bits per heavy atom. The van der Waals surface area contributed by atoms with Crippen molar-refractivity contribution >= 4 is 17.0 Å². The summed E-state index contributed by atoms with van der Waals surface area (Å²) in [7, 11) is 0. The second-order valence-electron chi connectivity index (χ2n) is 5.09. The minimum absolute atomic E-state index is 0.152. The van der Waals surface area contributed by atoms with Crippen molar-refractivity contribution in [3.05, 3.63) is 5.82 Å². The SMILES string of the molecule is CCCCc1nc(N2CCC(F)(F)C2)c2n[nH]nc2n1. The smallest absolute Gasteiger partial charge is 0.266 e. The Kier molecular flexibility index (Phi) is 3.23. The number of H-pyrrole nitrogens is 1. The molecule has 108 valence electrons. The normalized spacial score (nSPS) is 18.1. The Bertz CT molecular complexity index is 611. The first-order valence-corrected chi connectivity index (χ1v) is 6.79. The first kappa shape index (κ1) is 13.1. The Morgan fingerprint density at radius 2 is 2.15 bits per heavy atom. The van der Waals surface area contributed by atoms with Crippen molar-refractivity contribution in [3.63, 3.8) is 0 Å². The van der Waals surface area contributed by atoms with E-state index in [2.05, 4.69) is 32.3 Å². The van der Waals surface area contributed by atoms with Crippen LogP contribution in [0.1, 0.15) is 32.0 Å². The van der Waals surface area contributed by atoms with Gasteiger partial charge in [0.05, 0.1) is 6.54 Å². The van der Waals surface area contributed by atoms with Crippen LogP contribution in [0.15, 0.2) is 0 Å². The fourth-order valence-electron chi connectivity index (χ4n) is 2.36. The van der Waals surface area contributed by atoms with Crippen LogP contribution >= 0.6 is 0 Å². The molecule has 8 heteroatoms. The van der Waals surface area contributed by atoms with E-state index in [0.29, 0.717) is 22.8 Å². The molecule has 0 radical (unpaired) electrons. The molecule has 6 nitrogen and oxygen atoms in total. The van der Waals surface area contributed by atoms with Crippen molar-refractivity contribution in [2.45, 2.75) is 38.5 Å². The number of aromatic nitrogens is 5. The van der Waals surface area contributed by atoms with Crippen LogP contribution in [0.4, 0.5) is 14.6 Å². The third-order valence-corrected chi connectivity index (χ3v) is 3.43. The monoisotopic (exact) mass is 282 g/mol. The molecular weight excluding hydrogens is 266 g/mol. The molecule has 0 unspecified atom stereocenters. The van der Waals surface area contributed by atoms with Crippen LogP contribution in [0.3, 0.4) is 0 Å². The van der Waals surface area contributed by atoms with E-state index in [9.17, 15) is 8.78 Å². The van der Waals surface area contributed by atoms with Crippen molar-refractivity contribution in [1.29, 1.82) is 0 Å². The van der Waals surface area contributed by atoms with Gasteiger partial charge < -0.3 is 4.90 Å². The minimum Gasteiger partial charge on any atom is -0.348 e. The molecule has 1 aliphatic heterocycles. The Labute approximate surface area is 114 Å². The van der Waals surface area contributed by atoms with E-state index >= 15 is 0 Å². The molecule has 1 saturated heterocycles. The van der Waals surface area contributed by atoms with Crippen LogP contribution in [0.25, 0.3) is 11.2 Å². The van der Waals surface area contributed by atoms with Crippen molar-refractivity contribution in [2.75, 3.05) is 18.0 Å². The lowest BCUT2D eigenvalue weighted by molar-refractivity contribution is 0.0257. The molecular formula is C12H16F2N6. The third kappa shape index (κ3) is 2.41. The summed E-state index contributed by atoms with van der Waals surface area (Å²) in [5, 5.41) is 10.4. The van der Waals surface area contributed by atoms with Crippen molar-refractivity contribution in [2.24, 2.45) is 0 Å². The zero-order chi connectivity index (χ0) is 14.2. The number of anilines is 1. The van der Waals surface area contributed by atoms with Gasteiger partial charge in [-0.3, -0.25) is 0 Å². The van der Waals surface area contributed by atoms with E-state index in [0.717, 1.165) is 19.3 Å². The van der Waals surface area contributed by atoms with E-state index in [4.69, 9.17) is 0 Å². The molecule has 0 aliphatic carbocycles. The average molecular weight is 282 g/mol. The molecule has 0 atom stereocenters. The van der Waals surface area contributed by atoms with Crippen LogP contribution in [-0.2, 0) is 6.42 Å². The number of aryl methyl sites for hydroxylation is 1. The highest BCUT2D eigenvalue weighted by Crippen LogP contribution is 2.32. The van der Waals surface area contributed by atoms with Crippen molar-refractivity contribution in [3.8, 4) is 0 Å². The Hall–Kier alpha value is -1.86. The summed E-state index contributed by atoms with van der Waals surface area (Å²) in [6.07, 6.45) is 2.55. The lowest BCUT2D eigenvalue weighted by Crippen LogP contribution is -2.26. The maximum absolute atomic E-state index is 13.4. The van der Waals surface area contributed by atoms with E-state index in [1.54, 1.807) is 4.90 Å². The number of alkyl halides is 2. The van der Waals surface area contributed by atoms with Gasteiger partial charge in [-0.1, -0.05) is 13.3 Å². The summed E-state index contributed by atoms with van der Waals surface area (Å²) in [6, 6.07) is 0.